The minimum atomic E-state index is -3.02. The third-order valence-corrected chi connectivity index (χ3v) is 12.5. The monoisotopic (exact) mass is 634 g/mol. The summed E-state index contributed by atoms with van der Waals surface area (Å²) in [5.74, 6) is 0. The maximum Gasteiger partial charge on any atom is 0.171 e. The zero-order valence-electron chi connectivity index (χ0n) is 26.1. The van der Waals surface area contributed by atoms with E-state index in [1.54, 1.807) is 0 Å². The van der Waals surface area contributed by atoms with Crippen LogP contribution in [-0.4, -0.2) is 9.13 Å². The smallest absolute Gasteiger partial charge is 0.171 e. The number of para-hydroxylation sites is 3. The van der Waals surface area contributed by atoms with E-state index >= 15 is 0 Å². The summed E-state index contributed by atoms with van der Waals surface area (Å²) in [4.78, 5) is 0. The lowest BCUT2D eigenvalue weighted by Crippen LogP contribution is -2.24. The van der Waals surface area contributed by atoms with Gasteiger partial charge in [-0.25, -0.2) is 0 Å². The van der Waals surface area contributed by atoms with E-state index in [-0.39, 0.29) is 0 Å². The molecule has 0 radical (unpaired) electrons. The summed E-state index contributed by atoms with van der Waals surface area (Å²) in [6.07, 6.45) is 0. The second-order valence-corrected chi connectivity index (χ2v) is 14.9. The van der Waals surface area contributed by atoms with Gasteiger partial charge in [0.05, 0.1) is 22.1 Å². The van der Waals surface area contributed by atoms with E-state index in [0.29, 0.717) is 0 Å². The van der Waals surface area contributed by atoms with E-state index in [4.69, 9.17) is 0 Å². The van der Waals surface area contributed by atoms with Crippen molar-refractivity contribution >= 4 is 55.9 Å². The van der Waals surface area contributed by atoms with E-state index in [1.165, 1.54) is 32.8 Å². The molecular weight excluding hydrogens is 603 g/mol. The lowest BCUT2D eigenvalue weighted by atomic mass is 10.1. The molecule has 0 atom stereocenters. The number of fused-ring (bicyclic) bond motifs is 5. The van der Waals surface area contributed by atoms with Crippen LogP contribution in [0.3, 0.4) is 0 Å². The van der Waals surface area contributed by atoms with Crippen LogP contribution in [0.4, 0.5) is 0 Å². The molecule has 0 bridgehead atoms. The second-order valence-electron chi connectivity index (χ2n) is 12.1. The van der Waals surface area contributed by atoms with Gasteiger partial charge in [-0.2, -0.15) is 0 Å². The fourth-order valence-electron chi connectivity index (χ4n) is 7.19. The number of benzene rings is 7. The minimum absolute atomic E-state index is 0.830. The Kier molecular flexibility index (Phi) is 6.74. The fraction of sp³-hybridized carbons (Fsp3) is 0. The van der Waals surface area contributed by atoms with Crippen LogP contribution in [0.25, 0.3) is 55.3 Å². The molecule has 228 valence electrons. The normalized spacial score (nSPS) is 11.8. The molecule has 0 spiro atoms. The predicted molar refractivity (Wildman–Crippen MR) is 202 cm³/mol. The van der Waals surface area contributed by atoms with E-state index in [0.717, 1.165) is 38.4 Å². The number of rotatable bonds is 6. The summed E-state index contributed by atoms with van der Waals surface area (Å²) in [5.41, 5.74) is 9.22. The zero-order valence-corrected chi connectivity index (χ0v) is 27.0. The van der Waals surface area contributed by atoms with Gasteiger partial charge >= 0.3 is 0 Å². The van der Waals surface area contributed by atoms with Gasteiger partial charge < -0.3 is 13.7 Å². The molecule has 0 aliphatic carbocycles. The molecule has 48 heavy (non-hydrogen) atoms. The van der Waals surface area contributed by atoms with Crippen LogP contribution in [0.5, 0.6) is 0 Å². The van der Waals surface area contributed by atoms with Crippen molar-refractivity contribution in [2.24, 2.45) is 0 Å². The average molecular weight is 635 g/mol. The third kappa shape index (κ3) is 4.40. The van der Waals surface area contributed by atoms with Crippen molar-refractivity contribution in [1.29, 1.82) is 0 Å². The Hall–Kier alpha value is -5.89. The highest BCUT2D eigenvalue weighted by molar-refractivity contribution is 7.85. The Morgan fingerprint density at radius 2 is 0.688 bits per heavy atom. The van der Waals surface area contributed by atoms with Crippen molar-refractivity contribution in [3.05, 3.63) is 188 Å². The molecule has 0 aliphatic rings. The Bertz CT molecular complexity index is 2550. The summed E-state index contributed by atoms with van der Waals surface area (Å²) in [7, 11) is -3.02. The minimum Gasteiger partial charge on any atom is -0.309 e. The average Bonchev–Trinajstić information content (AvgIpc) is 3.68. The molecule has 9 aromatic rings. The van der Waals surface area contributed by atoms with Gasteiger partial charge in [-0.1, -0.05) is 152 Å². The first-order chi connectivity index (χ1) is 23.7. The van der Waals surface area contributed by atoms with Crippen molar-refractivity contribution in [3.8, 4) is 22.5 Å². The van der Waals surface area contributed by atoms with Crippen LogP contribution in [0.15, 0.2) is 188 Å². The van der Waals surface area contributed by atoms with Crippen molar-refractivity contribution in [2.45, 2.75) is 0 Å². The first-order valence-electron chi connectivity index (χ1n) is 16.2. The molecule has 0 saturated heterocycles. The number of aromatic nitrogens is 2. The van der Waals surface area contributed by atoms with Crippen LogP contribution in [0.2, 0.25) is 0 Å². The van der Waals surface area contributed by atoms with Gasteiger partial charge in [-0.3, -0.25) is 0 Å². The Balaban J connectivity index is 1.15. The summed E-state index contributed by atoms with van der Waals surface area (Å²) in [6, 6.07) is 64.7. The molecule has 0 N–H and O–H groups in total. The molecule has 0 unspecified atom stereocenters. The van der Waals surface area contributed by atoms with Gasteiger partial charge in [-0.15, -0.1) is 0 Å². The highest BCUT2D eigenvalue weighted by Gasteiger charge is 2.29. The van der Waals surface area contributed by atoms with Crippen molar-refractivity contribution < 1.29 is 4.57 Å². The standard InChI is InChI=1S/C44H31N2OP/c47-48(36-16-6-2-7-17-36,37-18-8-3-9-19-37)38-30-26-33(27-31-38)32-24-28-35(29-25-32)46-42-23-13-11-21-40(42)43-44(46)39-20-10-12-22-41(39)45(43)34-14-4-1-5-15-34/h1-31H. The van der Waals surface area contributed by atoms with Gasteiger partial charge in [0.1, 0.15) is 0 Å². The third-order valence-electron chi connectivity index (χ3n) is 9.42. The topological polar surface area (TPSA) is 26.9 Å². The molecule has 0 saturated carbocycles. The second kappa shape index (κ2) is 11.4. The van der Waals surface area contributed by atoms with Crippen LogP contribution < -0.4 is 15.9 Å². The molecular formula is C44H31N2OP. The van der Waals surface area contributed by atoms with Gasteiger partial charge in [0.25, 0.3) is 0 Å². The molecule has 4 heteroatoms. The Labute approximate surface area is 279 Å². The summed E-state index contributed by atoms with van der Waals surface area (Å²) < 4.78 is 19.6. The predicted octanol–water partition coefficient (Wildman–Crippen LogP) is 10.0. The molecule has 0 aliphatic heterocycles. The molecule has 2 heterocycles. The number of nitrogens with zero attached hydrogens (tertiary/aromatic N) is 2. The van der Waals surface area contributed by atoms with Gasteiger partial charge in [0.15, 0.2) is 7.14 Å². The maximum absolute atomic E-state index is 14.8. The van der Waals surface area contributed by atoms with E-state index < -0.39 is 7.14 Å². The van der Waals surface area contributed by atoms with E-state index in [9.17, 15) is 4.57 Å². The maximum atomic E-state index is 14.8. The summed E-state index contributed by atoms with van der Waals surface area (Å²) in [6.45, 7) is 0. The molecule has 2 aromatic heterocycles. The highest BCUT2D eigenvalue weighted by Crippen LogP contribution is 2.43. The van der Waals surface area contributed by atoms with Gasteiger partial charge in [0.2, 0.25) is 0 Å². The first-order valence-corrected chi connectivity index (χ1v) is 17.9. The molecule has 0 fully saturated rings. The molecule has 7 aromatic carbocycles. The summed E-state index contributed by atoms with van der Waals surface area (Å²) >= 11 is 0. The van der Waals surface area contributed by atoms with Crippen molar-refractivity contribution in [3.63, 3.8) is 0 Å². The number of hydrogen-bond donors (Lipinski definition) is 0. The lowest BCUT2D eigenvalue weighted by Gasteiger charge is -2.20. The molecule has 9 rings (SSSR count). The SMILES string of the molecule is O=P(c1ccccc1)(c1ccccc1)c1ccc(-c2ccc(-n3c4ccccc4c4c3c3ccccc3n4-c3ccccc3)cc2)cc1. The zero-order chi connectivity index (χ0) is 32.1. The highest BCUT2D eigenvalue weighted by atomic mass is 31.2. The van der Waals surface area contributed by atoms with Gasteiger partial charge in [-0.05, 0) is 47.5 Å². The number of hydrogen-bond acceptors (Lipinski definition) is 1. The van der Waals surface area contributed by atoms with E-state index in [1.807, 2.05) is 72.8 Å². The fourth-order valence-corrected chi connectivity index (χ4v) is 9.84. The van der Waals surface area contributed by atoms with E-state index in [2.05, 4.69) is 124 Å². The Morgan fingerprint density at radius 3 is 1.17 bits per heavy atom. The first kappa shape index (κ1) is 28.3. The van der Waals surface area contributed by atoms with Crippen LogP contribution in [0.1, 0.15) is 0 Å². The molecule has 0 amide bonds. The van der Waals surface area contributed by atoms with Crippen molar-refractivity contribution in [1.82, 2.24) is 9.13 Å². The van der Waals surface area contributed by atoms with Crippen LogP contribution >= 0.6 is 7.14 Å². The Morgan fingerprint density at radius 1 is 0.333 bits per heavy atom. The molecule has 3 nitrogen and oxygen atoms in total. The lowest BCUT2D eigenvalue weighted by molar-refractivity contribution is 0.592. The van der Waals surface area contributed by atoms with Gasteiger partial charge in [0, 0.05) is 38.1 Å². The largest absolute Gasteiger partial charge is 0.309 e. The van der Waals surface area contributed by atoms with Crippen LogP contribution in [-0.2, 0) is 4.57 Å². The summed E-state index contributed by atoms with van der Waals surface area (Å²) in [5, 5.41) is 4.94. The van der Waals surface area contributed by atoms with Crippen molar-refractivity contribution in [2.75, 3.05) is 0 Å². The quantitative estimate of drug-likeness (QED) is 0.167. The van der Waals surface area contributed by atoms with Crippen LogP contribution in [0, 0.1) is 0 Å².